The van der Waals surface area contributed by atoms with Crippen molar-refractivity contribution in [3.63, 3.8) is 0 Å². The van der Waals surface area contributed by atoms with Crippen LogP contribution in [-0.4, -0.2) is 31.6 Å². The number of aliphatic hydroxyl groups excluding tert-OH is 2. The summed E-state index contributed by atoms with van der Waals surface area (Å²) in [6, 6.07) is 4.25. The van der Waals surface area contributed by atoms with E-state index >= 15 is 0 Å². The van der Waals surface area contributed by atoms with Crippen LogP contribution in [0, 0.1) is 5.92 Å². The van der Waals surface area contributed by atoms with Crippen LogP contribution in [0.4, 0.5) is 0 Å². The van der Waals surface area contributed by atoms with Crippen LogP contribution >= 0.6 is 11.3 Å². The van der Waals surface area contributed by atoms with Crippen molar-refractivity contribution in [2.24, 2.45) is 5.92 Å². The van der Waals surface area contributed by atoms with Gasteiger partial charge < -0.3 is 10.2 Å². The SMILES string of the molecule is [2H]OC[C@H]1[C@H](O)C[B][C@@H]1CCCc1cccs1. The Morgan fingerprint density at radius 1 is 1.62 bits per heavy atom. The van der Waals surface area contributed by atoms with E-state index in [2.05, 4.69) is 29.9 Å². The highest BCUT2D eigenvalue weighted by Gasteiger charge is 2.34. The Balaban J connectivity index is 1.74. The number of thiophene rings is 1. The van der Waals surface area contributed by atoms with Crippen molar-refractivity contribution >= 4 is 18.6 Å². The molecule has 16 heavy (non-hydrogen) atoms. The average molecular weight is 238 g/mol. The van der Waals surface area contributed by atoms with Gasteiger partial charge in [0.1, 0.15) is 7.28 Å². The first-order valence-corrected chi connectivity index (χ1v) is 6.81. The highest BCUT2D eigenvalue weighted by Crippen LogP contribution is 2.35. The Morgan fingerprint density at radius 2 is 2.56 bits per heavy atom. The minimum atomic E-state index is -0.313. The summed E-state index contributed by atoms with van der Waals surface area (Å²) in [7, 11) is 2.20. The van der Waals surface area contributed by atoms with Crippen LogP contribution in [0.3, 0.4) is 0 Å². The lowest BCUT2D eigenvalue weighted by Crippen LogP contribution is -2.20. The molecule has 0 unspecified atom stereocenters. The van der Waals surface area contributed by atoms with Crippen LogP contribution in [0.1, 0.15) is 17.7 Å². The molecule has 1 radical (unpaired) electrons. The Morgan fingerprint density at radius 3 is 3.31 bits per heavy atom. The number of hydrogen-bond acceptors (Lipinski definition) is 3. The molecule has 4 heteroatoms. The third-order valence-electron chi connectivity index (χ3n) is 3.46. The molecule has 0 saturated carbocycles. The lowest BCUT2D eigenvalue weighted by atomic mass is 9.63. The maximum Gasteiger partial charge on any atom is 0.210 e. The largest absolute Gasteiger partial charge is 0.396 e. The zero-order valence-corrected chi connectivity index (χ0v) is 10.2. The van der Waals surface area contributed by atoms with E-state index in [-0.39, 0.29) is 12.0 Å². The Hall–Kier alpha value is -0.315. The molecule has 1 aliphatic rings. The zero-order valence-electron chi connectivity index (χ0n) is 10.3. The van der Waals surface area contributed by atoms with E-state index in [4.69, 9.17) is 1.43 Å². The van der Waals surface area contributed by atoms with Gasteiger partial charge in [-0.15, -0.1) is 11.3 Å². The molecule has 0 aromatic carbocycles. The number of hydrogen-bond donors (Lipinski definition) is 2. The average Bonchev–Trinajstić information content (AvgIpc) is 2.93. The molecule has 1 aromatic rings. The molecule has 1 fully saturated rings. The van der Waals surface area contributed by atoms with Gasteiger partial charge in [0.25, 0.3) is 0 Å². The summed E-state index contributed by atoms with van der Waals surface area (Å²) in [5.74, 6) is 0.533. The van der Waals surface area contributed by atoms with E-state index in [9.17, 15) is 5.11 Å². The summed E-state index contributed by atoms with van der Waals surface area (Å²) in [5.41, 5.74) is 0. The fourth-order valence-electron chi connectivity index (χ4n) is 2.48. The second kappa shape index (κ2) is 5.85. The monoisotopic (exact) mass is 238 g/mol. The van der Waals surface area contributed by atoms with Gasteiger partial charge in [0, 0.05) is 17.4 Å². The minimum absolute atomic E-state index is 0.121. The van der Waals surface area contributed by atoms with Crippen LogP contribution in [0.2, 0.25) is 12.1 Å². The lowest BCUT2D eigenvalue weighted by molar-refractivity contribution is 0.0871. The summed E-state index contributed by atoms with van der Waals surface area (Å²) in [6.45, 7) is 0.349. The zero-order chi connectivity index (χ0) is 12.1. The van der Waals surface area contributed by atoms with E-state index in [1.807, 2.05) is 0 Å². The van der Waals surface area contributed by atoms with E-state index in [1.54, 1.807) is 11.3 Å². The normalized spacial score (nSPS) is 30.1. The Labute approximate surface area is 103 Å². The maximum atomic E-state index is 9.78. The molecule has 1 aromatic heterocycles. The predicted octanol–water partition coefficient (Wildman–Crippen LogP) is 1.96. The maximum absolute atomic E-state index is 9.78. The topological polar surface area (TPSA) is 40.5 Å². The molecule has 0 amide bonds. The summed E-state index contributed by atoms with van der Waals surface area (Å²) < 4.78 is 6.81. The van der Waals surface area contributed by atoms with Crippen molar-refractivity contribution in [3.05, 3.63) is 22.4 Å². The van der Waals surface area contributed by atoms with Crippen LogP contribution in [0.5, 0.6) is 0 Å². The fraction of sp³-hybridized carbons (Fsp3) is 0.667. The van der Waals surface area contributed by atoms with Gasteiger partial charge in [0.2, 0.25) is 1.43 Å². The van der Waals surface area contributed by atoms with Gasteiger partial charge in [-0.05, 0) is 24.3 Å². The highest BCUT2D eigenvalue weighted by molar-refractivity contribution is 7.09. The summed E-state index contributed by atoms with van der Waals surface area (Å²) in [5, 5.41) is 16.3. The van der Waals surface area contributed by atoms with Crippen LogP contribution in [-0.2, 0) is 6.42 Å². The first-order chi connectivity index (χ1) is 8.31. The van der Waals surface area contributed by atoms with Crippen LogP contribution in [0.25, 0.3) is 0 Å². The summed E-state index contributed by atoms with van der Waals surface area (Å²) >= 11 is 1.80. The number of aliphatic hydroxyl groups is 2. The van der Waals surface area contributed by atoms with Gasteiger partial charge in [-0.1, -0.05) is 24.6 Å². The van der Waals surface area contributed by atoms with Crippen molar-refractivity contribution in [1.82, 2.24) is 0 Å². The second-order valence-electron chi connectivity index (χ2n) is 4.50. The third-order valence-corrected chi connectivity index (χ3v) is 4.39. The molecule has 3 atom stereocenters. The molecule has 0 spiro atoms. The molecular weight excluding hydrogens is 219 g/mol. The summed E-state index contributed by atoms with van der Waals surface area (Å²) in [4.78, 5) is 1.43. The molecule has 2 heterocycles. The van der Waals surface area contributed by atoms with Gasteiger partial charge >= 0.3 is 0 Å². The smallest absolute Gasteiger partial charge is 0.210 e. The molecule has 1 aliphatic heterocycles. The van der Waals surface area contributed by atoms with Crippen LogP contribution in [0.15, 0.2) is 17.5 Å². The predicted molar refractivity (Wildman–Crippen MR) is 68.2 cm³/mol. The molecule has 0 aliphatic carbocycles. The van der Waals surface area contributed by atoms with E-state index in [0.29, 0.717) is 12.4 Å². The van der Waals surface area contributed by atoms with Crippen molar-refractivity contribution in [2.45, 2.75) is 37.5 Å². The van der Waals surface area contributed by atoms with Crippen LogP contribution < -0.4 is 0 Å². The van der Waals surface area contributed by atoms with E-state index < -0.39 is 0 Å². The van der Waals surface area contributed by atoms with Gasteiger partial charge in [0.05, 0.1) is 6.10 Å². The van der Waals surface area contributed by atoms with Gasteiger partial charge in [-0.2, -0.15) is 0 Å². The van der Waals surface area contributed by atoms with E-state index in [1.165, 1.54) is 4.88 Å². The standard InChI is InChI=1S/C12H18BO2S/c14-8-10-11(13-7-12(10)15)5-1-3-9-4-2-6-16-9/h2,4,6,10-12,14-15H,1,3,5,7-8H2/t10-,11-,12-/m1/s1/i14D. The fourth-order valence-corrected chi connectivity index (χ4v) is 3.23. The lowest BCUT2D eigenvalue weighted by Gasteiger charge is -2.19. The quantitative estimate of drug-likeness (QED) is 0.744. The van der Waals surface area contributed by atoms with Crippen molar-refractivity contribution in [3.8, 4) is 0 Å². The molecule has 87 valence electrons. The van der Waals surface area contributed by atoms with E-state index in [0.717, 1.165) is 25.6 Å². The van der Waals surface area contributed by atoms with Gasteiger partial charge in [-0.25, -0.2) is 0 Å². The van der Waals surface area contributed by atoms with Gasteiger partial charge in [0.15, 0.2) is 0 Å². The van der Waals surface area contributed by atoms with Crippen molar-refractivity contribution < 1.29 is 10.2 Å². The molecular formula is C12H18BO2S. The molecule has 2 rings (SSSR count). The van der Waals surface area contributed by atoms with Gasteiger partial charge in [-0.3, -0.25) is 0 Å². The third kappa shape index (κ3) is 2.87. The second-order valence-corrected chi connectivity index (χ2v) is 5.54. The first-order valence-electron chi connectivity index (χ1n) is 6.34. The van der Waals surface area contributed by atoms with Crippen molar-refractivity contribution in [2.75, 3.05) is 6.61 Å². The van der Waals surface area contributed by atoms with Crippen molar-refractivity contribution in [1.29, 1.82) is 1.43 Å². The number of aryl methyl sites for hydroxylation is 1. The Kier molecular flexibility index (Phi) is 3.95. The number of rotatable bonds is 6. The summed E-state index contributed by atoms with van der Waals surface area (Å²) in [6.07, 6.45) is 3.78. The molecule has 2 nitrogen and oxygen atoms in total. The Bertz CT molecular complexity index is 320. The molecule has 0 bridgehead atoms. The first kappa shape index (κ1) is 10.8. The highest BCUT2D eigenvalue weighted by atomic mass is 32.1. The molecule has 1 saturated heterocycles. The minimum Gasteiger partial charge on any atom is -0.396 e. The molecule has 2 N–H and O–H groups in total.